The normalized spacial score (nSPS) is 18.1. The molecule has 2 N–H and O–H groups in total. The first-order valence-corrected chi connectivity index (χ1v) is 8.85. The summed E-state index contributed by atoms with van der Waals surface area (Å²) < 4.78 is 47.4. The van der Waals surface area contributed by atoms with Crippen LogP contribution in [0.1, 0.15) is 37.7 Å². The van der Waals surface area contributed by atoms with E-state index in [1.807, 2.05) is 5.32 Å². The van der Waals surface area contributed by atoms with Crippen LogP contribution in [0.4, 0.5) is 13.2 Å². The first kappa shape index (κ1) is 19.3. The number of aromatic amines is 1. The fraction of sp³-hybridized carbons (Fsp3) is 0.474. The van der Waals surface area contributed by atoms with E-state index in [9.17, 15) is 22.8 Å². The molecule has 8 heteroatoms. The molecule has 1 aromatic heterocycles. The Balaban J connectivity index is 2.13. The molecule has 2 aromatic rings. The molecule has 1 heterocycles. The monoisotopic (exact) mass is 382 g/mol. The van der Waals surface area contributed by atoms with Crippen molar-refractivity contribution in [1.29, 1.82) is 0 Å². The number of fused-ring (bicyclic) bond motifs is 1. The molecule has 1 aliphatic carbocycles. The number of esters is 1. The molecule has 0 aliphatic heterocycles. The molecule has 1 unspecified atom stereocenters. The van der Waals surface area contributed by atoms with E-state index in [4.69, 9.17) is 0 Å². The predicted molar refractivity (Wildman–Crippen MR) is 92.8 cm³/mol. The molecular weight excluding hydrogens is 361 g/mol. The second-order valence-corrected chi connectivity index (χ2v) is 6.81. The molecular formula is C19H21F3N2O3. The number of carbonyl (C=O) groups is 2. The minimum Gasteiger partial charge on any atom is -0.467 e. The number of carbonyl (C=O) groups excluding carboxylic acids is 2. The molecule has 1 aliphatic rings. The number of nitrogens with one attached hydrogen (secondary N) is 2. The van der Waals surface area contributed by atoms with Gasteiger partial charge < -0.3 is 15.0 Å². The first-order chi connectivity index (χ1) is 12.8. The lowest BCUT2D eigenvalue weighted by atomic mass is 9.84. The van der Waals surface area contributed by atoms with Gasteiger partial charge in [-0.3, -0.25) is 4.79 Å². The number of hydrogen-bond donors (Lipinski definition) is 2. The number of amides is 1. The SMILES string of the molecule is COC(=O)C(NC(=O)C1CCCCC1)(c1c[nH]c2ccccc12)C(F)(F)F. The van der Waals surface area contributed by atoms with Crippen molar-refractivity contribution in [1.82, 2.24) is 10.3 Å². The van der Waals surface area contributed by atoms with Crippen molar-refractivity contribution in [3.63, 3.8) is 0 Å². The highest BCUT2D eigenvalue weighted by atomic mass is 19.4. The number of ether oxygens (including phenoxy) is 1. The molecule has 5 nitrogen and oxygen atoms in total. The van der Waals surface area contributed by atoms with Gasteiger partial charge >= 0.3 is 12.1 Å². The number of H-pyrrole nitrogens is 1. The summed E-state index contributed by atoms with van der Waals surface area (Å²) in [4.78, 5) is 27.9. The van der Waals surface area contributed by atoms with Crippen LogP contribution >= 0.6 is 0 Å². The Hall–Kier alpha value is -2.51. The summed E-state index contributed by atoms with van der Waals surface area (Å²) in [6, 6.07) is 6.30. The van der Waals surface area contributed by atoms with Gasteiger partial charge in [-0.25, -0.2) is 4.79 Å². The van der Waals surface area contributed by atoms with Gasteiger partial charge in [-0.1, -0.05) is 37.5 Å². The maximum absolute atomic E-state index is 14.3. The van der Waals surface area contributed by atoms with E-state index in [1.54, 1.807) is 18.2 Å². The Labute approximate surface area is 154 Å². The quantitative estimate of drug-likeness (QED) is 0.791. The number of hydrogen-bond acceptors (Lipinski definition) is 3. The van der Waals surface area contributed by atoms with Gasteiger partial charge in [0, 0.05) is 28.6 Å². The van der Waals surface area contributed by atoms with E-state index in [1.165, 1.54) is 6.07 Å². The summed E-state index contributed by atoms with van der Waals surface area (Å²) >= 11 is 0. The van der Waals surface area contributed by atoms with E-state index >= 15 is 0 Å². The molecule has 0 bridgehead atoms. The molecule has 146 valence electrons. The second-order valence-electron chi connectivity index (χ2n) is 6.81. The summed E-state index contributed by atoms with van der Waals surface area (Å²) in [5.74, 6) is -2.89. The third-order valence-corrected chi connectivity index (χ3v) is 5.20. The summed E-state index contributed by atoms with van der Waals surface area (Å²) in [6.07, 6.45) is -0.451. The number of aromatic nitrogens is 1. The van der Waals surface area contributed by atoms with Crippen LogP contribution in [0.25, 0.3) is 10.9 Å². The number of methoxy groups -OCH3 is 1. The summed E-state index contributed by atoms with van der Waals surface area (Å²) in [7, 11) is 0.879. The van der Waals surface area contributed by atoms with E-state index in [-0.39, 0.29) is 10.9 Å². The number of benzene rings is 1. The Bertz CT molecular complexity index is 840. The first-order valence-electron chi connectivity index (χ1n) is 8.85. The van der Waals surface area contributed by atoms with Gasteiger partial charge in [0.1, 0.15) is 0 Å². The maximum Gasteiger partial charge on any atom is 0.426 e. The molecule has 1 atom stereocenters. The number of rotatable bonds is 4. The largest absolute Gasteiger partial charge is 0.467 e. The third kappa shape index (κ3) is 3.28. The van der Waals surface area contributed by atoms with Crippen LogP contribution < -0.4 is 5.32 Å². The van der Waals surface area contributed by atoms with Crippen molar-refractivity contribution < 1.29 is 27.5 Å². The minimum atomic E-state index is -5.09. The molecule has 1 amide bonds. The van der Waals surface area contributed by atoms with E-state index in [2.05, 4.69) is 9.72 Å². The Morgan fingerprint density at radius 3 is 2.44 bits per heavy atom. The number of halogens is 3. The van der Waals surface area contributed by atoms with Gasteiger partial charge in [-0.15, -0.1) is 0 Å². The van der Waals surface area contributed by atoms with Gasteiger partial charge in [-0.2, -0.15) is 13.2 Å². The standard InChI is InChI=1S/C19H21F3N2O3/c1-27-17(26)18(19(20,21)22,24-16(25)12-7-3-2-4-8-12)14-11-23-15-10-6-5-9-13(14)15/h5-6,9-12,23H,2-4,7-8H2,1H3,(H,24,25). The molecule has 1 aromatic carbocycles. The third-order valence-electron chi connectivity index (χ3n) is 5.20. The van der Waals surface area contributed by atoms with E-state index in [0.717, 1.165) is 32.6 Å². The molecule has 0 radical (unpaired) electrons. The van der Waals surface area contributed by atoms with Gasteiger partial charge in [-0.05, 0) is 18.9 Å². The molecule has 0 saturated heterocycles. The van der Waals surface area contributed by atoms with Crippen LogP contribution in [0.3, 0.4) is 0 Å². The Kier molecular flexibility index (Phi) is 5.17. The average molecular weight is 382 g/mol. The van der Waals surface area contributed by atoms with Crippen molar-refractivity contribution in [3.05, 3.63) is 36.0 Å². The summed E-state index contributed by atoms with van der Waals surface area (Å²) in [6.45, 7) is 0. The van der Waals surface area contributed by atoms with E-state index < -0.39 is 29.5 Å². The highest BCUT2D eigenvalue weighted by molar-refractivity contribution is 5.96. The topological polar surface area (TPSA) is 71.2 Å². The Morgan fingerprint density at radius 1 is 1.15 bits per heavy atom. The summed E-state index contributed by atoms with van der Waals surface area (Å²) in [5, 5.41) is 2.23. The second kappa shape index (κ2) is 7.25. The van der Waals surface area contributed by atoms with Crippen molar-refractivity contribution in [2.75, 3.05) is 7.11 Å². The fourth-order valence-corrected chi connectivity index (χ4v) is 3.75. The highest BCUT2D eigenvalue weighted by Gasteiger charge is 2.65. The van der Waals surface area contributed by atoms with Crippen LogP contribution in [0.2, 0.25) is 0 Å². The van der Waals surface area contributed by atoms with Gasteiger partial charge in [0.2, 0.25) is 5.91 Å². The number of para-hydroxylation sites is 1. The average Bonchev–Trinajstić information content (AvgIpc) is 3.09. The zero-order valence-corrected chi connectivity index (χ0v) is 14.9. The van der Waals surface area contributed by atoms with E-state index in [0.29, 0.717) is 18.4 Å². The zero-order valence-electron chi connectivity index (χ0n) is 14.9. The number of alkyl halides is 3. The zero-order chi connectivity index (χ0) is 19.7. The van der Waals surface area contributed by atoms with Gasteiger partial charge in [0.05, 0.1) is 7.11 Å². The van der Waals surface area contributed by atoms with Crippen LogP contribution in [-0.2, 0) is 19.9 Å². The van der Waals surface area contributed by atoms with Crippen molar-refractivity contribution in [2.45, 2.75) is 43.8 Å². The van der Waals surface area contributed by atoms with Crippen molar-refractivity contribution >= 4 is 22.8 Å². The molecule has 3 rings (SSSR count). The molecule has 1 saturated carbocycles. The van der Waals surface area contributed by atoms with Crippen LogP contribution in [0.15, 0.2) is 30.5 Å². The summed E-state index contributed by atoms with van der Waals surface area (Å²) in [5.41, 5.74) is -3.21. The highest BCUT2D eigenvalue weighted by Crippen LogP contribution is 2.43. The van der Waals surface area contributed by atoms with Crippen molar-refractivity contribution in [2.24, 2.45) is 5.92 Å². The lowest BCUT2D eigenvalue weighted by Crippen LogP contribution is -2.62. The van der Waals surface area contributed by atoms with Crippen LogP contribution in [0, 0.1) is 5.92 Å². The lowest BCUT2D eigenvalue weighted by Gasteiger charge is -2.35. The van der Waals surface area contributed by atoms with Crippen molar-refractivity contribution in [3.8, 4) is 0 Å². The van der Waals surface area contributed by atoms with Gasteiger partial charge in [0.15, 0.2) is 0 Å². The van der Waals surface area contributed by atoms with Crippen LogP contribution in [-0.4, -0.2) is 30.1 Å². The van der Waals surface area contributed by atoms with Gasteiger partial charge in [0.25, 0.3) is 5.54 Å². The Morgan fingerprint density at radius 2 is 1.81 bits per heavy atom. The fourth-order valence-electron chi connectivity index (χ4n) is 3.75. The lowest BCUT2D eigenvalue weighted by molar-refractivity contribution is -0.216. The predicted octanol–water partition coefficient (Wildman–Crippen LogP) is 3.80. The molecule has 27 heavy (non-hydrogen) atoms. The minimum absolute atomic E-state index is 0.198. The smallest absolute Gasteiger partial charge is 0.426 e. The maximum atomic E-state index is 14.3. The molecule has 1 fully saturated rings. The molecule has 0 spiro atoms. The van der Waals surface area contributed by atoms with Crippen LogP contribution in [0.5, 0.6) is 0 Å².